The number of anilines is 1. The first-order valence-electron chi connectivity index (χ1n) is 10.5. The first kappa shape index (κ1) is 20.0. The average molecular weight is 434 g/mol. The predicted octanol–water partition coefficient (Wildman–Crippen LogP) is 5.73. The summed E-state index contributed by atoms with van der Waals surface area (Å²) in [6.45, 7) is 0. The summed E-state index contributed by atoms with van der Waals surface area (Å²) < 4.78 is 13.9. The van der Waals surface area contributed by atoms with Crippen LogP contribution in [0.3, 0.4) is 0 Å². The molecule has 0 bridgehead atoms. The van der Waals surface area contributed by atoms with E-state index in [1.54, 1.807) is 30.5 Å². The van der Waals surface area contributed by atoms with Gasteiger partial charge in [0.25, 0.3) is 0 Å². The SMILES string of the molecule is O=C(Nc1ccc(Cl)cn1)[C@H]1CC#CC12CCC(c1ccnc3ccc(F)cc13)CC2. The Kier molecular flexibility index (Phi) is 5.11. The van der Waals surface area contributed by atoms with Crippen molar-refractivity contribution in [1.82, 2.24) is 9.97 Å². The van der Waals surface area contributed by atoms with Gasteiger partial charge in [-0.05, 0) is 73.6 Å². The predicted molar refractivity (Wildman–Crippen MR) is 119 cm³/mol. The van der Waals surface area contributed by atoms with Gasteiger partial charge in [-0.2, -0.15) is 0 Å². The molecule has 6 heteroatoms. The number of nitrogens with one attached hydrogen (secondary N) is 1. The minimum atomic E-state index is -0.304. The maximum Gasteiger partial charge on any atom is 0.231 e. The zero-order chi connectivity index (χ0) is 21.4. The summed E-state index contributed by atoms with van der Waals surface area (Å²) in [6.07, 6.45) is 7.38. The first-order chi connectivity index (χ1) is 15.0. The third kappa shape index (κ3) is 3.77. The highest BCUT2D eigenvalue weighted by Crippen LogP contribution is 2.50. The molecule has 1 amide bonds. The second kappa shape index (κ2) is 7.94. The molecule has 1 saturated carbocycles. The van der Waals surface area contributed by atoms with Gasteiger partial charge in [0.2, 0.25) is 5.91 Å². The van der Waals surface area contributed by atoms with E-state index in [-0.39, 0.29) is 23.1 Å². The highest BCUT2D eigenvalue weighted by molar-refractivity contribution is 6.30. The van der Waals surface area contributed by atoms with E-state index in [1.165, 1.54) is 12.3 Å². The molecule has 1 atom stereocenters. The molecule has 4 nitrogen and oxygen atoms in total. The molecule has 2 heterocycles. The van der Waals surface area contributed by atoms with Crippen molar-refractivity contribution < 1.29 is 9.18 Å². The molecule has 2 aromatic heterocycles. The lowest BCUT2D eigenvalue weighted by Gasteiger charge is -2.39. The fourth-order valence-corrected chi connectivity index (χ4v) is 5.14. The van der Waals surface area contributed by atoms with Crippen molar-refractivity contribution in [3.05, 3.63) is 65.2 Å². The van der Waals surface area contributed by atoms with Crippen LogP contribution in [0, 0.1) is 29.0 Å². The van der Waals surface area contributed by atoms with Gasteiger partial charge in [-0.15, -0.1) is 5.92 Å². The van der Waals surface area contributed by atoms with Crippen molar-refractivity contribution in [3.8, 4) is 11.8 Å². The second-order valence-electron chi connectivity index (χ2n) is 8.40. The lowest BCUT2D eigenvalue weighted by Crippen LogP contribution is -2.38. The Labute approximate surface area is 185 Å². The van der Waals surface area contributed by atoms with E-state index in [0.717, 1.165) is 42.1 Å². The number of carbonyl (C=O) groups is 1. The van der Waals surface area contributed by atoms with Crippen molar-refractivity contribution >= 4 is 34.2 Å². The topological polar surface area (TPSA) is 54.9 Å². The van der Waals surface area contributed by atoms with Crippen molar-refractivity contribution in [2.24, 2.45) is 11.3 Å². The second-order valence-corrected chi connectivity index (χ2v) is 8.84. The average Bonchev–Trinajstić information content (AvgIpc) is 3.18. The quantitative estimate of drug-likeness (QED) is 0.537. The van der Waals surface area contributed by atoms with Gasteiger partial charge in [-0.1, -0.05) is 17.5 Å². The third-order valence-corrected chi connectivity index (χ3v) is 6.88. The van der Waals surface area contributed by atoms with Crippen molar-refractivity contribution in [2.45, 2.75) is 38.0 Å². The first-order valence-corrected chi connectivity index (χ1v) is 10.9. The molecule has 2 aliphatic rings. The van der Waals surface area contributed by atoms with E-state index >= 15 is 0 Å². The molecule has 1 aromatic carbocycles. The minimum Gasteiger partial charge on any atom is -0.310 e. The number of aromatic nitrogens is 2. The number of amides is 1. The summed E-state index contributed by atoms with van der Waals surface area (Å²) in [5.74, 6) is 6.87. The smallest absolute Gasteiger partial charge is 0.231 e. The lowest BCUT2D eigenvalue weighted by atomic mass is 9.64. The number of halogens is 2. The molecule has 0 aliphatic heterocycles. The third-order valence-electron chi connectivity index (χ3n) is 6.66. The number of hydrogen-bond acceptors (Lipinski definition) is 3. The van der Waals surface area contributed by atoms with E-state index in [9.17, 15) is 9.18 Å². The van der Waals surface area contributed by atoms with Crippen molar-refractivity contribution in [2.75, 3.05) is 5.32 Å². The van der Waals surface area contributed by atoms with E-state index in [4.69, 9.17) is 11.6 Å². The van der Waals surface area contributed by atoms with E-state index in [0.29, 0.717) is 23.2 Å². The maximum atomic E-state index is 13.9. The molecular weight excluding hydrogens is 413 g/mol. The summed E-state index contributed by atoms with van der Waals surface area (Å²) >= 11 is 5.88. The van der Waals surface area contributed by atoms with Crippen LogP contribution < -0.4 is 5.32 Å². The monoisotopic (exact) mass is 433 g/mol. The van der Waals surface area contributed by atoms with Crippen molar-refractivity contribution in [3.63, 3.8) is 0 Å². The summed E-state index contributed by atoms with van der Waals surface area (Å²) in [6, 6.07) is 10.2. The van der Waals surface area contributed by atoms with Crippen LogP contribution in [0.25, 0.3) is 10.9 Å². The van der Waals surface area contributed by atoms with Crippen LogP contribution >= 0.6 is 11.6 Å². The van der Waals surface area contributed by atoms with E-state index in [2.05, 4.69) is 27.1 Å². The maximum absolute atomic E-state index is 13.9. The molecule has 0 unspecified atom stereocenters. The number of nitrogens with zero attached hydrogens (tertiary/aromatic N) is 2. The van der Waals surface area contributed by atoms with Crippen LogP contribution in [0.15, 0.2) is 48.8 Å². The molecule has 1 N–H and O–H groups in total. The van der Waals surface area contributed by atoms with Crippen LogP contribution in [0.4, 0.5) is 10.2 Å². The Morgan fingerprint density at radius 1 is 1.16 bits per heavy atom. The van der Waals surface area contributed by atoms with Gasteiger partial charge in [-0.25, -0.2) is 9.37 Å². The van der Waals surface area contributed by atoms with Crippen LogP contribution in [0.2, 0.25) is 5.02 Å². The highest BCUT2D eigenvalue weighted by atomic mass is 35.5. The number of carbonyl (C=O) groups excluding carboxylic acids is 1. The summed E-state index contributed by atoms with van der Waals surface area (Å²) in [7, 11) is 0. The number of fused-ring (bicyclic) bond motifs is 1. The van der Waals surface area contributed by atoms with Gasteiger partial charge in [0.05, 0.1) is 16.5 Å². The zero-order valence-corrected chi connectivity index (χ0v) is 17.6. The minimum absolute atomic E-state index is 0.0535. The Morgan fingerprint density at radius 2 is 2.00 bits per heavy atom. The molecule has 0 saturated heterocycles. The molecule has 5 rings (SSSR count). The standard InChI is InChI=1S/C25H21ClFN3O/c26-17-3-6-23(29-15-17)30-24(31)21-2-1-10-25(21)11-7-16(8-12-25)19-9-13-28-22-5-4-18(27)14-20(19)22/h3-6,9,13-16,21H,2,7-8,11-12H2,(H,29,30,31)/t16?,21-,25?/m1/s1. The van der Waals surface area contributed by atoms with Crippen LogP contribution in [0.1, 0.15) is 43.6 Å². The van der Waals surface area contributed by atoms with Gasteiger partial charge in [0.1, 0.15) is 11.6 Å². The molecule has 3 aromatic rings. The fourth-order valence-electron chi connectivity index (χ4n) is 5.03. The van der Waals surface area contributed by atoms with Crippen molar-refractivity contribution in [1.29, 1.82) is 0 Å². The van der Waals surface area contributed by atoms with E-state index in [1.807, 2.05) is 6.07 Å². The lowest BCUT2D eigenvalue weighted by molar-refractivity contribution is -0.123. The van der Waals surface area contributed by atoms with E-state index < -0.39 is 0 Å². The Bertz CT molecular complexity index is 1210. The molecular formula is C25H21ClFN3O. The Hall–Kier alpha value is -2.97. The number of benzene rings is 1. The molecule has 156 valence electrons. The summed E-state index contributed by atoms with van der Waals surface area (Å²) in [5.41, 5.74) is 1.64. The molecule has 2 aliphatic carbocycles. The molecule has 0 radical (unpaired) electrons. The summed E-state index contributed by atoms with van der Waals surface area (Å²) in [5, 5.41) is 4.32. The Balaban J connectivity index is 1.33. The molecule has 1 fully saturated rings. The number of rotatable bonds is 3. The zero-order valence-electron chi connectivity index (χ0n) is 16.9. The number of hydrogen-bond donors (Lipinski definition) is 1. The van der Waals surface area contributed by atoms with Gasteiger partial charge in [0.15, 0.2) is 0 Å². The summed E-state index contributed by atoms with van der Waals surface area (Å²) in [4.78, 5) is 21.6. The van der Waals surface area contributed by atoms with Gasteiger partial charge in [0, 0.05) is 29.6 Å². The van der Waals surface area contributed by atoms with Gasteiger partial charge in [-0.3, -0.25) is 9.78 Å². The van der Waals surface area contributed by atoms with Crippen LogP contribution in [-0.2, 0) is 4.79 Å². The van der Waals surface area contributed by atoms with Crippen LogP contribution in [-0.4, -0.2) is 15.9 Å². The van der Waals surface area contributed by atoms with Gasteiger partial charge < -0.3 is 5.32 Å². The highest BCUT2D eigenvalue weighted by Gasteiger charge is 2.46. The number of pyridine rings is 2. The van der Waals surface area contributed by atoms with Crippen LogP contribution in [0.5, 0.6) is 0 Å². The fraction of sp³-hybridized carbons (Fsp3) is 0.320. The normalized spacial score (nSPS) is 24.7. The largest absolute Gasteiger partial charge is 0.310 e. The molecule has 31 heavy (non-hydrogen) atoms. The Morgan fingerprint density at radius 3 is 2.77 bits per heavy atom. The molecule has 1 spiro atoms. The van der Waals surface area contributed by atoms with Gasteiger partial charge >= 0.3 is 0 Å².